The van der Waals surface area contributed by atoms with Gasteiger partial charge in [-0.1, -0.05) is 105 Å². The van der Waals surface area contributed by atoms with Crippen LogP contribution in [-0.4, -0.2) is 14.1 Å². The molecule has 0 rings (SSSR count). The van der Waals surface area contributed by atoms with Gasteiger partial charge >= 0.3 is 0 Å². The van der Waals surface area contributed by atoms with Crippen molar-refractivity contribution in [2.75, 3.05) is 14.1 Å². The summed E-state index contributed by atoms with van der Waals surface area (Å²) in [6.07, 6.45) is 17.0. The normalized spacial score (nSPS) is 8.70. The molecule has 0 bridgehead atoms. The number of unbranched alkanes of at least 4 members (excludes halogenated alkanes) is 10. The Morgan fingerprint density at radius 1 is 0.450 bits per heavy atom. The van der Waals surface area contributed by atoms with Crippen LogP contribution in [0.3, 0.4) is 0 Å². The summed E-state index contributed by atoms with van der Waals surface area (Å²) in [6.45, 7) is 9.02. The van der Waals surface area contributed by atoms with Crippen LogP contribution in [-0.2, 0) is 0 Å². The molecule has 0 saturated heterocycles. The predicted octanol–water partition coefficient (Wildman–Crippen LogP) is 6.99. The first kappa shape index (κ1) is 28.4. The lowest BCUT2D eigenvalue weighted by Gasteiger charge is -1.93. The van der Waals surface area contributed by atoms with E-state index in [1.54, 1.807) is 0 Å². The molecule has 2 heteroatoms. The molecule has 0 spiro atoms. The highest BCUT2D eigenvalue weighted by Crippen LogP contribution is 2.03. The van der Waals surface area contributed by atoms with Gasteiger partial charge in [-0.15, -0.1) is 12.4 Å². The molecule has 1 N–H and O–H groups in total. The van der Waals surface area contributed by atoms with Crippen LogP contribution in [0.1, 0.15) is 105 Å². The smallest absolute Gasteiger partial charge is 0.0167 e. The minimum atomic E-state index is 0. The highest BCUT2D eigenvalue weighted by molar-refractivity contribution is 5.85. The first-order valence-electron chi connectivity index (χ1n) is 8.83. The quantitative estimate of drug-likeness (QED) is 0.429. The van der Waals surface area contributed by atoms with E-state index in [0.717, 1.165) is 0 Å². The Balaban J connectivity index is -0.000000103. The van der Waals surface area contributed by atoms with Crippen LogP contribution in [0.15, 0.2) is 0 Å². The fourth-order valence-corrected chi connectivity index (χ4v) is 1.71. The first-order chi connectivity index (χ1) is 9.24. The predicted molar refractivity (Wildman–Crippen MR) is 100 cm³/mol. The largest absolute Gasteiger partial charge is 0.323 e. The Morgan fingerprint density at radius 2 is 0.600 bits per heavy atom. The fraction of sp³-hybridized carbons (Fsp3) is 1.00. The number of hydrogen-bond donors (Lipinski definition) is 1. The van der Waals surface area contributed by atoms with E-state index in [4.69, 9.17) is 0 Å². The van der Waals surface area contributed by atoms with Crippen molar-refractivity contribution in [1.29, 1.82) is 0 Å². The second-order valence-electron chi connectivity index (χ2n) is 5.33. The highest BCUT2D eigenvalue weighted by Gasteiger charge is 1.84. The van der Waals surface area contributed by atoms with Crippen molar-refractivity contribution in [3.63, 3.8) is 0 Å². The van der Waals surface area contributed by atoms with Gasteiger partial charge in [0.15, 0.2) is 0 Å². The van der Waals surface area contributed by atoms with Gasteiger partial charge in [0.25, 0.3) is 0 Å². The van der Waals surface area contributed by atoms with Crippen LogP contribution in [0.5, 0.6) is 0 Å². The summed E-state index contributed by atoms with van der Waals surface area (Å²) in [4.78, 5) is 0. The molecule has 0 atom stereocenters. The van der Waals surface area contributed by atoms with E-state index in [1.807, 2.05) is 14.1 Å². The lowest BCUT2D eigenvalue weighted by molar-refractivity contribution is 0.624. The maximum atomic E-state index is 2.75. The van der Waals surface area contributed by atoms with Crippen molar-refractivity contribution in [1.82, 2.24) is 5.32 Å². The van der Waals surface area contributed by atoms with Crippen molar-refractivity contribution in [3.05, 3.63) is 0 Å². The van der Waals surface area contributed by atoms with Gasteiger partial charge in [-0.3, -0.25) is 0 Å². The molecular formula is C18H44ClN. The summed E-state index contributed by atoms with van der Waals surface area (Å²) in [7, 11) is 3.75. The molecular weight excluding hydrogens is 266 g/mol. The molecule has 0 aliphatic rings. The minimum Gasteiger partial charge on any atom is -0.323 e. The van der Waals surface area contributed by atoms with E-state index in [-0.39, 0.29) is 12.4 Å². The zero-order chi connectivity index (χ0) is 15.2. The molecule has 0 aliphatic carbocycles. The number of nitrogens with one attached hydrogen (secondary N) is 1. The molecule has 128 valence electrons. The van der Waals surface area contributed by atoms with E-state index in [9.17, 15) is 0 Å². The van der Waals surface area contributed by atoms with Crippen LogP contribution in [0.25, 0.3) is 0 Å². The molecule has 0 amide bonds. The third-order valence-corrected chi connectivity index (χ3v) is 2.91. The first-order valence-corrected chi connectivity index (χ1v) is 8.83. The second-order valence-corrected chi connectivity index (χ2v) is 5.33. The van der Waals surface area contributed by atoms with Crippen molar-refractivity contribution in [2.45, 2.75) is 105 Å². The molecule has 20 heavy (non-hydrogen) atoms. The Bertz CT molecular complexity index is 83.6. The Kier molecular flexibility index (Phi) is 51.9. The highest BCUT2D eigenvalue weighted by atomic mass is 35.5. The van der Waals surface area contributed by atoms with Gasteiger partial charge in [-0.05, 0) is 14.1 Å². The van der Waals surface area contributed by atoms with Crippen LogP contribution in [0, 0.1) is 0 Å². The molecule has 0 aromatic carbocycles. The zero-order valence-electron chi connectivity index (χ0n) is 15.4. The maximum Gasteiger partial charge on any atom is -0.0167 e. The summed E-state index contributed by atoms with van der Waals surface area (Å²) >= 11 is 0. The lowest BCUT2D eigenvalue weighted by Crippen LogP contribution is -1.89. The van der Waals surface area contributed by atoms with Crippen molar-refractivity contribution in [3.8, 4) is 0 Å². The van der Waals surface area contributed by atoms with E-state index >= 15 is 0 Å². The molecule has 0 unspecified atom stereocenters. The lowest BCUT2D eigenvalue weighted by atomic mass is 10.1. The average Bonchev–Trinajstić information content (AvgIpc) is 2.42. The Hall–Kier alpha value is 0.250. The van der Waals surface area contributed by atoms with E-state index < -0.39 is 0 Å². The third kappa shape index (κ3) is 51.7. The van der Waals surface area contributed by atoms with Crippen molar-refractivity contribution < 1.29 is 0 Å². The SMILES string of the molecule is CCCCCCCC.CCCCCCCC.CNC.Cl. The molecule has 0 aromatic heterocycles. The monoisotopic (exact) mass is 309 g/mol. The summed E-state index contributed by atoms with van der Waals surface area (Å²) in [5.74, 6) is 0. The van der Waals surface area contributed by atoms with Gasteiger partial charge < -0.3 is 5.32 Å². The van der Waals surface area contributed by atoms with Crippen molar-refractivity contribution in [2.24, 2.45) is 0 Å². The van der Waals surface area contributed by atoms with Gasteiger partial charge in [0, 0.05) is 0 Å². The van der Waals surface area contributed by atoms with Gasteiger partial charge in [0.05, 0.1) is 0 Å². The number of rotatable bonds is 10. The molecule has 0 aliphatic heterocycles. The average molecular weight is 310 g/mol. The fourth-order valence-electron chi connectivity index (χ4n) is 1.71. The van der Waals surface area contributed by atoms with Gasteiger partial charge in [-0.25, -0.2) is 0 Å². The van der Waals surface area contributed by atoms with Gasteiger partial charge in [0.2, 0.25) is 0 Å². The molecule has 0 aromatic rings. The standard InChI is InChI=1S/2C8H18.C2H7N.ClH/c2*1-3-5-7-8-6-4-2;1-3-2;/h2*3-8H2,1-2H3;3H,1-2H3;1H. The minimum absolute atomic E-state index is 0. The maximum absolute atomic E-state index is 2.75. The summed E-state index contributed by atoms with van der Waals surface area (Å²) in [6, 6.07) is 0. The number of hydrogen-bond acceptors (Lipinski definition) is 1. The molecule has 0 heterocycles. The van der Waals surface area contributed by atoms with Crippen LogP contribution in [0.4, 0.5) is 0 Å². The third-order valence-electron chi connectivity index (χ3n) is 2.91. The van der Waals surface area contributed by atoms with Gasteiger partial charge in [-0.2, -0.15) is 0 Å². The molecule has 0 saturated carbocycles. The topological polar surface area (TPSA) is 12.0 Å². The number of halogens is 1. The van der Waals surface area contributed by atoms with Crippen molar-refractivity contribution >= 4 is 12.4 Å². The molecule has 1 nitrogen and oxygen atoms in total. The molecule has 0 radical (unpaired) electrons. The van der Waals surface area contributed by atoms with E-state index in [0.29, 0.717) is 0 Å². The summed E-state index contributed by atoms with van der Waals surface area (Å²) < 4.78 is 0. The van der Waals surface area contributed by atoms with Crippen LogP contribution in [0.2, 0.25) is 0 Å². The second kappa shape index (κ2) is 36.5. The van der Waals surface area contributed by atoms with E-state index in [2.05, 4.69) is 33.0 Å². The van der Waals surface area contributed by atoms with Crippen LogP contribution < -0.4 is 5.32 Å². The molecule has 0 fully saturated rings. The summed E-state index contributed by atoms with van der Waals surface area (Å²) in [5, 5.41) is 2.75. The van der Waals surface area contributed by atoms with E-state index in [1.165, 1.54) is 77.0 Å². The van der Waals surface area contributed by atoms with Gasteiger partial charge in [0.1, 0.15) is 0 Å². The Labute approximate surface area is 137 Å². The van der Waals surface area contributed by atoms with Crippen LogP contribution >= 0.6 is 12.4 Å². The zero-order valence-corrected chi connectivity index (χ0v) is 16.2. The Morgan fingerprint density at radius 3 is 0.700 bits per heavy atom. The summed E-state index contributed by atoms with van der Waals surface area (Å²) in [5.41, 5.74) is 0.